The van der Waals surface area contributed by atoms with Crippen LogP contribution in [0.15, 0.2) is 121 Å². The molecule has 0 radical (unpaired) electrons. The highest BCUT2D eigenvalue weighted by Gasteiger charge is 2.34. The Hall–Kier alpha value is -9.19. The third kappa shape index (κ3) is 52.5. The van der Waals surface area contributed by atoms with E-state index >= 15 is 33.6 Å². The van der Waals surface area contributed by atoms with Gasteiger partial charge in [-0.25, -0.2) is 0 Å². The highest BCUT2D eigenvalue weighted by Crippen LogP contribution is 2.19. The van der Waals surface area contributed by atoms with Crippen LogP contribution in [-0.4, -0.2) is 327 Å². The minimum atomic E-state index is -0.638. The van der Waals surface area contributed by atoms with Crippen LogP contribution in [0.5, 0.6) is 0 Å². The van der Waals surface area contributed by atoms with E-state index in [1.807, 2.05) is 121 Å². The zero-order valence-electron chi connectivity index (χ0n) is 84.5. The van der Waals surface area contributed by atoms with Crippen molar-refractivity contribution in [3.05, 3.63) is 144 Å². The van der Waals surface area contributed by atoms with E-state index in [-0.39, 0.29) is 123 Å². The van der Waals surface area contributed by atoms with Crippen LogP contribution in [0, 0.1) is 0 Å². The number of amides is 11. The van der Waals surface area contributed by atoms with E-state index in [2.05, 4.69) is 42.8 Å². The summed E-state index contributed by atoms with van der Waals surface area (Å²) in [5, 5.41) is 3.28. The standard InChI is InChI=1S/C108H179N17O11/c1-5-9-13-17-21-25-29-45-69-116(84-98(112)126)100(128)85-117(70-46-30-26-22-18-14-10-6-2)101(129)86-118(71-47-31-27-23-19-15-11-7-3)102(130)87-119(72-48-32-28-24-20-16-12-8-4)103(131)88-120(73-59-94-51-37-33-38-52-94)104(132)90-122(75-61-96-55-41-35-42-56-96)107(135)93-125(78-65-111)108(136)91-123(76-62-97-57-43-36-44-58-97)105(133)89-121(74-60-95-53-39-34-40-54-95)106(134)92-124(77-64-110)99(127)83-113-66-50-68-115-81-79-114(80-82-115)67-49-63-109/h33-44,51-58,113H,5-32,45-50,59-93,109-111H2,1-4H3,(H2,112,126). The minimum absolute atomic E-state index is 0.0130. The molecule has 0 aliphatic carbocycles. The van der Waals surface area contributed by atoms with E-state index in [1.54, 1.807) is 9.80 Å². The molecule has 1 aliphatic heterocycles. The summed E-state index contributed by atoms with van der Waals surface area (Å²) in [6.45, 7) is 13.0. The number of nitrogens with zero attached hydrogens (tertiary/aromatic N) is 12. The van der Waals surface area contributed by atoms with E-state index in [0.717, 1.165) is 235 Å². The molecule has 1 fully saturated rings. The first-order valence-electron chi connectivity index (χ1n) is 52.7. The Morgan fingerprint density at radius 1 is 0.243 bits per heavy atom. The van der Waals surface area contributed by atoms with E-state index in [0.29, 0.717) is 71.0 Å². The Balaban J connectivity index is 1.48. The van der Waals surface area contributed by atoms with E-state index in [4.69, 9.17) is 22.9 Å². The highest BCUT2D eigenvalue weighted by molar-refractivity contribution is 5.95. The summed E-state index contributed by atoms with van der Waals surface area (Å²) >= 11 is 0. The molecule has 0 bridgehead atoms. The molecular formula is C108H179N17O11. The van der Waals surface area contributed by atoms with Crippen LogP contribution in [0.4, 0.5) is 0 Å². The van der Waals surface area contributed by atoms with Crippen LogP contribution in [0.2, 0.25) is 0 Å². The van der Waals surface area contributed by atoms with E-state index in [1.165, 1.54) is 58.5 Å². The molecular weight excluding hydrogens is 1710 g/mol. The molecule has 11 amide bonds. The van der Waals surface area contributed by atoms with Crippen LogP contribution >= 0.6 is 0 Å². The molecule has 28 heteroatoms. The van der Waals surface area contributed by atoms with Crippen LogP contribution in [-0.2, 0) is 78.4 Å². The van der Waals surface area contributed by atoms with Crippen molar-refractivity contribution in [2.45, 2.75) is 272 Å². The van der Waals surface area contributed by atoms with Gasteiger partial charge < -0.3 is 87.1 Å². The fraction of sp³-hybridized carbons (Fsp3) is 0.676. The molecule has 9 N–H and O–H groups in total. The quantitative estimate of drug-likeness (QED) is 0.0256. The highest BCUT2D eigenvalue weighted by atomic mass is 16.2. The van der Waals surface area contributed by atoms with Crippen LogP contribution in [0.25, 0.3) is 0 Å². The molecule has 0 spiro atoms. The summed E-state index contributed by atoms with van der Waals surface area (Å²) in [6.07, 6.45) is 35.3. The number of hydrogen-bond acceptors (Lipinski definition) is 17. The third-order valence-corrected chi connectivity index (χ3v) is 26.0. The molecule has 0 unspecified atom stereocenters. The number of piperazine rings is 1. The number of unbranched alkanes of at least 4 members (excludes halogenated alkanes) is 28. The first kappa shape index (κ1) is 117. The lowest BCUT2D eigenvalue weighted by atomic mass is 10.1. The SMILES string of the molecule is CCCCCCCCCCN(CC(N)=O)C(=O)CN(CCCCCCCCCC)C(=O)CN(CCCCCCCCCC)C(=O)CN(CCCCCCCCCC)C(=O)CN(CCc1ccccc1)C(=O)CN(CCc1ccccc1)C(=O)CN(CCN)C(=O)CN(CCc1ccccc1)C(=O)CN(CCc1ccccc1)C(=O)CN(CCN)C(=O)CNCCCN1CCN(CCCN)CC1. The van der Waals surface area contributed by atoms with Gasteiger partial charge in [-0.1, -0.05) is 329 Å². The maximum absolute atomic E-state index is 15.7. The number of carbonyl (C=O) groups excluding carboxylic acids is 11. The lowest BCUT2D eigenvalue weighted by molar-refractivity contribution is -0.149. The van der Waals surface area contributed by atoms with Crippen molar-refractivity contribution in [2.75, 3.05) is 203 Å². The normalized spacial score (nSPS) is 12.1. The second kappa shape index (κ2) is 74.9. The summed E-state index contributed by atoms with van der Waals surface area (Å²) in [4.78, 5) is 184. The van der Waals surface area contributed by atoms with Crippen molar-refractivity contribution in [3.63, 3.8) is 0 Å². The van der Waals surface area contributed by atoms with Gasteiger partial charge in [0.05, 0.1) is 72.0 Å². The molecule has 4 aromatic carbocycles. The third-order valence-electron chi connectivity index (χ3n) is 26.0. The molecule has 136 heavy (non-hydrogen) atoms. The Kier molecular flexibility index (Phi) is 64.6. The fourth-order valence-electron chi connectivity index (χ4n) is 17.5. The van der Waals surface area contributed by atoms with Gasteiger partial charge in [0, 0.05) is 105 Å². The van der Waals surface area contributed by atoms with Gasteiger partial charge in [0.25, 0.3) is 0 Å². The fourth-order valence-corrected chi connectivity index (χ4v) is 17.5. The van der Waals surface area contributed by atoms with Gasteiger partial charge in [0.15, 0.2) is 0 Å². The molecule has 0 atom stereocenters. The van der Waals surface area contributed by atoms with Crippen molar-refractivity contribution in [3.8, 4) is 0 Å². The van der Waals surface area contributed by atoms with Crippen LogP contribution < -0.4 is 28.3 Å². The van der Waals surface area contributed by atoms with Gasteiger partial charge in [0.1, 0.15) is 0 Å². The van der Waals surface area contributed by atoms with Gasteiger partial charge in [0.2, 0.25) is 65.0 Å². The maximum Gasteiger partial charge on any atom is 0.242 e. The van der Waals surface area contributed by atoms with Gasteiger partial charge >= 0.3 is 0 Å². The van der Waals surface area contributed by atoms with Crippen molar-refractivity contribution in [1.29, 1.82) is 0 Å². The van der Waals surface area contributed by atoms with Gasteiger partial charge in [-0.2, -0.15) is 0 Å². The molecule has 762 valence electrons. The average molecular weight is 1890 g/mol. The topological polar surface area (TPSA) is 343 Å². The first-order valence-corrected chi connectivity index (χ1v) is 52.7. The van der Waals surface area contributed by atoms with E-state index < -0.39 is 85.9 Å². The molecule has 28 nitrogen and oxygen atoms in total. The van der Waals surface area contributed by atoms with Crippen molar-refractivity contribution in [2.24, 2.45) is 22.9 Å². The number of carbonyl (C=O) groups is 11. The monoisotopic (exact) mass is 1890 g/mol. The Morgan fingerprint density at radius 2 is 0.449 bits per heavy atom. The summed E-state index contributed by atoms with van der Waals surface area (Å²) in [6, 6.07) is 38.2. The number of hydrogen-bond donors (Lipinski definition) is 5. The zero-order chi connectivity index (χ0) is 98.2. The van der Waals surface area contributed by atoms with Gasteiger partial charge in [-0.05, 0) is 113 Å². The van der Waals surface area contributed by atoms with Gasteiger partial charge in [-0.15, -0.1) is 0 Å². The second-order valence-electron chi connectivity index (χ2n) is 37.4. The summed E-state index contributed by atoms with van der Waals surface area (Å²) in [7, 11) is 0. The van der Waals surface area contributed by atoms with Crippen molar-refractivity contribution >= 4 is 65.0 Å². The molecule has 4 aromatic rings. The van der Waals surface area contributed by atoms with E-state index in [9.17, 15) is 19.2 Å². The predicted molar refractivity (Wildman–Crippen MR) is 548 cm³/mol. The predicted octanol–water partition coefficient (Wildman–Crippen LogP) is 12.2. The summed E-state index contributed by atoms with van der Waals surface area (Å²) < 4.78 is 0. The molecule has 1 saturated heterocycles. The Bertz CT molecular complexity index is 3890. The van der Waals surface area contributed by atoms with Crippen LogP contribution in [0.3, 0.4) is 0 Å². The number of primary amides is 1. The number of nitrogens with two attached hydrogens (primary N) is 4. The minimum Gasteiger partial charge on any atom is -0.368 e. The summed E-state index contributed by atoms with van der Waals surface area (Å²) in [5.41, 5.74) is 27.6. The Morgan fingerprint density at radius 3 is 0.676 bits per heavy atom. The number of benzene rings is 4. The number of rotatable bonds is 81. The van der Waals surface area contributed by atoms with Crippen molar-refractivity contribution < 1.29 is 52.7 Å². The lowest BCUT2D eigenvalue weighted by Gasteiger charge is -2.34. The molecule has 5 rings (SSSR count). The van der Waals surface area contributed by atoms with Gasteiger partial charge in [-0.3, -0.25) is 52.7 Å². The number of nitrogens with one attached hydrogen (secondary N) is 1. The summed E-state index contributed by atoms with van der Waals surface area (Å²) in [5.74, 6) is -5.44. The molecule has 0 aromatic heterocycles. The first-order chi connectivity index (χ1) is 66.2. The maximum atomic E-state index is 15.7. The van der Waals surface area contributed by atoms with Crippen molar-refractivity contribution in [1.82, 2.24) is 64.1 Å². The molecule has 0 saturated carbocycles. The molecule has 1 heterocycles. The lowest BCUT2D eigenvalue weighted by Crippen LogP contribution is -2.54. The average Bonchev–Trinajstić information content (AvgIpc) is 0.844. The second-order valence-corrected chi connectivity index (χ2v) is 37.4. The largest absolute Gasteiger partial charge is 0.368 e. The smallest absolute Gasteiger partial charge is 0.242 e. The zero-order valence-corrected chi connectivity index (χ0v) is 84.5. The molecule has 1 aliphatic rings. The Labute approximate surface area is 818 Å². The van der Waals surface area contributed by atoms with Crippen LogP contribution in [0.1, 0.15) is 268 Å².